The summed E-state index contributed by atoms with van der Waals surface area (Å²) < 4.78 is 6.79. The number of nitrogens with zero attached hydrogens (tertiary/aromatic N) is 2. The van der Waals surface area contributed by atoms with Crippen LogP contribution in [0.2, 0.25) is 0 Å². The van der Waals surface area contributed by atoms with E-state index in [-0.39, 0.29) is 5.75 Å². The first kappa shape index (κ1) is 12.6. The number of rotatable bonds is 1. The molecule has 2 aromatic carbocycles. The third-order valence-electron chi connectivity index (χ3n) is 3.91. The third kappa shape index (κ3) is 1.77. The van der Waals surface area contributed by atoms with E-state index in [0.29, 0.717) is 5.52 Å². The summed E-state index contributed by atoms with van der Waals surface area (Å²) in [4.78, 5) is 8.59. The maximum absolute atomic E-state index is 9.94. The topological polar surface area (TPSA) is 59.2 Å². The van der Waals surface area contributed by atoms with Crippen molar-refractivity contribution < 1.29 is 9.52 Å². The van der Waals surface area contributed by atoms with E-state index in [1.54, 1.807) is 6.20 Å². The van der Waals surface area contributed by atoms with Gasteiger partial charge >= 0.3 is 0 Å². The van der Waals surface area contributed by atoms with Crippen molar-refractivity contribution in [3.63, 3.8) is 0 Å². The Morgan fingerprint density at radius 2 is 1.83 bits per heavy atom. The maximum atomic E-state index is 9.94. The number of para-hydroxylation sites is 2. The van der Waals surface area contributed by atoms with Gasteiger partial charge in [-0.2, -0.15) is 0 Å². The molecule has 0 atom stereocenters. The van der Waals surface area contributed by atoms with Crippen molar-refractivity contribution in [1.82, 2.24) is 9.97 Å². The molecule has 0 saturated carbocycles. The summed E-state index contributed by atoms with van der Waals surface area (Å²) in [6, 6.07) is 14.0. The molecule has 3 heterocycles. The predicted molar refractivity (Wildman–Crippen MR) is 91.8 cm³/mol. The van der Waals surface area contributed by atoms with Gasteiger partial charge in [0.2, 0.25) is 0 Å². The number of aromatic nitrogens is 2. The fourth-order valence-electron chi connectivity index (χ4n) is 2.87. The molecule has 4 nitrogen and oxygen atoms in total. The average molecular weight is 318 g/mol. The van der Waals surface area contributed by atoms with Crippen LogP contribution in [0.3, 0.4) is 0 Å². The lowest BCUT2D eigenvalue weighted by Crippen LogP contribution is -1.77. The van der Waals surface area contributed by atoms with Gasteiger partial charge in [-0.1, -0.05) is 30.3 Å². The van der Waals surface area contributed by atoms with Crippen molar-refractivity contribution in [3.8, 4) is 16.3 Å². The van der Waals surface area contributed by atoms with Crippen LogP contribution in [-0.4, -0.2) is 15.1 Å². The largest absolute Gasteiger partial charge is 0.505 e. The predicted octanol–water partition coefficient (Wildman–Crippen LogP) is 4.96. The van der Waals surface area contributed by atoms with E-state index >= 15 is 0 Å². The minimum Gasteiger partial charge on any atom is -0.505 e. The van der Waals surface area contributed by atoms with Crippen LogP contribution in [0.25, 0.3) is 42.7 Å². The van der Waals surface area contributed by atoms with E-state index < -0.39 is 0 Å². The molecule has 23 heavy (non-hydrogen) atoms. The number of benzene rings is 2. The number of aromatic hydroxyl groups is 1. The Morgan fingerprint density at radius 3 is 2.74 bits per heavy atom. The molecule has 110 valence electrons. The number of hydrogen-bond donors (Lipinski definition) is 1. The highest BCUT2D eigenvalue weighted by Crippen LogP contribution is 2.40. The zero-order valence-corrected chi connectivity index (χ0v) is 12.7. The van der Waals surface area contributed by atoms with Crippen LogP contribution in [-0.2, 0) is 0 Å². The Morgan fingerprint density at radius 1 is 0.957 bits per heavy atom. The van der Waals surface area contributed by atoms with Crippen LogP contribution in [0.5, 0.6) is 5.75 Å². The highest BCUT2D eigenvalue weighted by atomic mass is 32.1. The van der Waals surface area contributed by atoms with Crippen LogP contribution in [0.4, 0.5) is 0 Å². The first-order chi connectivity index (χ1) is 11.3. The molecule has 0 aliphatic heterocycles. The molecule has 0 unspecified atom stereocenters. The van der Waals surface area contributed by atoms with Gasteiger partial charge in [0, 0.05) is 10.8 Å². The number of hydrogen-bond acceptors (Lipinski definition) is 5. The first-order valence-corrected chi connectivity index (χ1v) is 7.97. The molecular formula is C18H10N2O2S. The van der Waals surface area contributed by atoms with E-state index in [2.05, 4.69) is 22.1 Å². The van der Waals surface area contributed by atoms with Gasteiger partial charge in [-0.25, -0.2) is 4.98 Å². The molecular weight excluding hydrogens is 308 g/mol. The van der Waals surface area contributed by atoms with Gasteiger partial charge in [0.25, 0.3) is 0 Å². The summed E-state index contributed by atoms with van der Waals surface area (Å²) in [6.07, 6.45) is 3.10. The van der Waals surface area contributed by atoms with E-state index in [1.165, 1.54) is 17.5 Å². The number of thiazole rings is 1. The summed E-state index contributed by atoms with van der Waals surface area (Å²) >= 11 is 1.44. The van der Waals surface area contributed by atoms with Crippen molar-refractivity contribution in [2.45, 2.75) is 0 Å². The lowest BCUT2D eigenvalue weighted by Gasteiger charge is -1.97. The Balaban J connectivity index is 1.86. The Bertz CT molecular complexity index is 1190. The minimum atomic E-state index is 0.156. The molecule has 5 rings (SSSR count). The molecule has 0 saturated heterocycles. The van der Waals surface area contributed by atoms with E-state index in [0.717, 1.165) is 37.2 Å². The van der Waals surface area contributed by atoms with E-state index in [1.807, 2.05) is 30.3 Å². The molecule has 3 aromatic heterocycles. The van der Waals surface area contributed by atoms with Crippen LogP contribution < -0.4 is 0 Å². The number of fused-ring (bicyclic) bond motifs is 4. The lowest BCUT2D eigenvalue weighted by atomic mass is 10.1. The Hall–Kier alpha value is -2.92. The third-order valence-corrected chi connectivity index (χ3v) is 5.04. The molecule has 1 N–H and O–H groups in total. The molecule has 0 bridgehead atoms. The molecule has 0 radical (unpaired) electrons. The SMILES string of the molecule is Oc1cncc2nc(-c3cccc4c3oc3ccccc34)sc12. The van der Waals surface area contributed by atoms with Crippen molar-refractivity contribution >= 4 is 43.5 Å². The normalized spacial score (nSPS) is 11.7. The maximum Gasteiger partial charge on any atom is 0.153 e. The second kappa shape index (κ2) is 4.54. The van der Waals surface area contributed by atoms with Crippen molar-refractivity contribution in [2.75, 3.05) is 0 Å². The zero-order chi connectivity index (χ0) is 15.4. The highest BCUT2D eigenvalue weighted by molar-refractivity contribution is 7.22. The van der Waals surface area contributed by atoms with Crippen molar-refractivity contribution in [3.05, 3.63) is 54.9 Å². The summed E-state index contributed by atoms with van der Waals surface area (Å²) in [7, 11) is 0. The van der Waals surface area contributed by atoms with Gasteiger partial charge in [-0.15, -0.1) is 11.3 Å². The number of furan rings is 1. The Labute approximate surface area is 134 Å². The van der Waals surface area contributed by atoms with Gasteiger partial charge < -0.3 is 9.52 Å². The van der Waals surface area contributed by atoms with Gasteiger partial charge in [-0.3, -0.25) is 4.98 Å². The van der Waals surface area contributed by atoms with Crippen molar-refractivity contribution in [1.29, 1.82) is 0 Å². The van der Waals surface area contributed by atoms with Gasteiger partial charge in [-0.05, 0) is 12.1 Å². The fraction of sp³-hybridized carbons (Fsp3) is 0. The summed E-state index contributed by atoms with van der Waals surface area (Å²) in [5.41, 5.74) is 3.30. The molecule has 5 heteroatoms. The second-order valence-corrected chi connectivity index (χ2v) is 6.31. The summed E-state index contributed by atoms with van der Waals surface area (Å²) in [5.74, 6) is 0.156. The smallest absolute Gasteiger partial charge is 0.153 e. The van der Waals surface area contributed by atoms with Crippen LogP contribution >= 0.6 is 11.3 Å². The average Bonchev–Trinajstić information content (AvgIpc) is 3.16. The molecule has 0 fully saturated rings. The van der Waals surface area contributed by atoms with Crippen molar-refractivity contribution in [2.24, 2.45) is 0 Å². The van der Waals surface area contributed by atoms with Crippen LogP contribution in [0, 0.1) is 0 Å². The second-order valence-electron chi connectivity index (χ2n) is 5.31. The summed E-state index contributed by atoms with van der Waals surface area (Å²) in [5, 5.41) is 12.9. The monoisotopic (exact) mass is 318 g/mol. The molecule has 0 amide bonds. The minimum absolute atomic E-state index is 0.156. The van der Waals surface area contributed by atoms with Gasteiger partial charge in [0.15, 0.2) is 5.75 Å². The molecule has 0 aliphatic carbocycles. The van der Waals surface area contributed by atoms with Gasteiger partial charge in [0.1, 0.15) is 21.7 Å². The fourth-order valence-corrected chi connectivity index (χ4v) is 3.84. The van der Waals surface area contributed by atoms with Gasteiger partial charge in [0.05, 0.1) is 22.7 Å². The highest BCUT2D eigenvalue weighted by Gasteiger charge is 2.16. The first-order valence-electron chi connectivity index (χ1n) is 7.15. The molecule has 0 aliphatic rings. The Kier molecular flexibility index (Phi) is 2.49. The number of pyridine rings is 1. The zero-order valence-electron chi connectivity index (χ0n) is 11.9. The standard InChI is InChI=1S/C18H10N2O2S/c21-14-9-19-8-13-17(14)23-18(20-13)12-6-3-5-11-10-4-1-2-7-15(10)22-16(11)12/h1-9,21H. The van der Waals surface area contributed by atoms with Crippen LogP contribution in [0.1, 0.15) is 0 Å². The quantitative estimate of drug-likeness (QED) is 0.474. The van der Waals surface area contributed by atoms with Crippen LogP contribution in [0.15, 0.2) is 59.3 Å². The lowest BCUT2D eigenvalue weighted by molar-refractivity contribution is 0.480. The van der Waals surface area contributed by atoms with E-state index in [9.17, 15) is 5.11 Å². The molecule has 5 aromatic rings. The summed E-state index contributed by atoms with van der Waals surface area (Å²) in [6.45, 7) is 0. The molecule has 0 spiro atoms. The van der Waals surface area contributed by atoms with E-state index in [4.69, 9.17) is 4.42 Å².